The second kappa shape index (κ2) is 3.94. The minimum absolute atomic E-state index is 0.301. The van der Waals surface area contributed by atoms with Crippen LogP contribution in [0.25, 0.3) is 10.9 Å². The molecule has 4 heteroatoms. The highest BCUT2D eigenvalue weighted by Gasteiger charge is 2.13. The Hall–Kier alpha value is -0.870. The Kier molecular flexibility index (Phi) is 2.80. The van der Waals surface area contributed by atoms with Gasteiger partial charge in [-0.3, -0.25) is 4.68 Å². The van der Waals surface area contributed by atoms with Crippen LogP contribution in [0.5, 0.6) is 0 Å². The molecule has 80 valence electrons. The third-order valence-electron chi connectivity index (χ3n) is 2.66. The van der Waals surface area contributed by atoms with E-state index in [1.54, 1.807) is 0 Å². The quantitative estimate of drug-likeness (QED) is 0.908. The molecule has 0 amide bonds. The number of hydrogen-bond donors (Lipinski definition) is 1. The fraction of sp³-hybridized carbons (Fsp3) is 0.364. The number of halogens is 1. The molecule has 2 aromatic rings. The zero-order valence-corrected chi connectivity index (χ0v) is 10.5. The van der Waals surface area contributed by atoms with Gasteiger partial charge in [-0.15, -0.1) is 0 Å². The number of aromatic nitrogens is 2. The molecule has 0 saturated heterocycles. The molecule has 0 saturated carbocycles. The molecule has 0 aliphatic rings. The van der Waals surface area contributed by atoms with Gasteiger partial charge in [0.1, 0.15) is 0 Å². The number of fused-ring (bicyclic) bond motifs is 1. The van der Waals surface area contributed by atoms with Crippen LogP contribution in [-0.4, -0.2) is 16.3 Å². The highest BCUT2D eigenvalue weighted by atomic mass is 79.9. The SMILES string of the molecule is CC(CN)c1nn(C)c2cc(Br)ccc12. The van der Waals surface area contributed by atoms with Crippen LogP contribution in [0.4, 0.5) is 0 Å². The summed E-state index contributed by atoms with van der Waals surface area (Å²) >= 11 is 3.46. The van der Waals surface area contributed by atoms with Crippen molar-refractivity contribution in [3.63, 3.8) is 0 Å². The Balaban J connectivity index is 2.68. The van der Waals surface area contributed by atoms with Crippen LogP contribution in [0.15, 0.2) is 22.7 Å². The highest BCUT2D eigenvalue weighted by molar-refractivity contribution is 9.10. The lowest BCUT2D eigenvalue weighted by atomic mass is 10.0. The van der Waals surface area contributed by atoms with E-state index in [9.17, 15) is 0 Å². The standard InChI is InChI=1S/C11H14BrN3/c1-7(6-13)11-9-4-3-8(12)5-10(9)15(2)14-11/h3-5,7H,6,13H2,1-2H3. The molecule has 2 rings (SSSR count). The topological polar surface area (TPSA) is 43.8 Å². The van der Waals surface area contributed by atoms with Crippen molar-refractivity contribution in [1.82, 2.24) is 9.78 Å². The molecule has 1 atom stereocenters. The largest absolute Gasteiger partial charge is 0.330 e. The van der Waals surface area contributed by atoms with E-state index in [0.29, 0.717) is 12.5 Å². The van der Waals surface area contributed by atoms with Gasteiger partial charge in [0, 0.05) is 29.4 Å². The minimum atomic E-state index is 0.301. The molecule has 1 unspecified atom stereocenters. The number of rotatable bonds is 2. The van der Waals surface area contributed by atoms with Crippen LogP contribution in [-0.2, 0) is 7.05 Å². The monoisotopic (exact) mass is 267 g/mol. The molecule has 1 aromatic carbocycles. The summed E-state index contributed by atoms with van der Waals surface area (Å²) in [6.45, 7) is 2.73. The van der Waals surface area contributed by atoms with Gasteiger partial charge in [-0.1, -0.05) is 22.9 Å². The maximum Gasteiger partial charge on any atom is 0.0743 e. The van der Waals surface area contributed by atoms with Gasteiger partial charge < -0.3 is 5.73 Å². The number of benzene rings is 1. The first-order valence-corrected chi connectivity index (χ1v) is 5.75. The fourth-order valence-electron chi connectivity index (χ4n) is 1.73. The fourth-order valence-corrected chi connectivity index (χ4v) is 2.08. The van der Waals surface area contributed by atoms with E-state index in [1.165, 1.54) is 5.39 Å². The lowest BCUT2D eigenvalue weighted by Gasteiger charge is -2.04. The summed E-state index contributed by atoms with van der Waals surface area (Å²) in [6, 6.07) is 6.21. The Morgan fingerprint density at radius 2 is 2.27 bits per heavy atom. The average molecular weight is 268 g/mol. The van der Waals surface area contributed by atoms with Crippen LogP contribution in [0.2, 0.25) is 0 Å². The van der Waals surface area contributed by atoms with E-state index in [2.05, 4.69) is 40.1 Å². The summed E-state index contributed by atoms with van der Waals surface area (Å²) in [7, 11) is 1.96. The van der Waals surface area contributed by atoms with E-state index in [4.69, 9.17) is 5.73 Å². The third kappa shape index (κ3) is 1.79. The third-order valence-corrected chi connectivity index (χ3v) is 3.16. The first-order chi connectivity index (χ1) is 7.13. The van der Waals surface area contributed by atoms with Gasteiger partial charge in [0.2, 0.25) is 0 Å². The van der Waals surface area contributed by atoms with Gasteiger partial charge >= 0.3 is 0 Å². The van der Waals surface area contributed by atoms with Gasteiger partial charge in [0.15, 0.2) is 0 Å². The Morgan fingerprint density at radius 1 is 1.53 bits per heavy atom. The molecule has 0 aliphatic heterocycles. The molecule has 0 aliphatic carbocycles. The molecule has 1 aromatic heterocycles. The van der Waals surface area contributed by atoms with Gasteiger partial charge in [-0.05, 0) is 18.2 Å². The van der Waals surface area contributed by atoms with E-state index < -0.39 is 0 Å². The number of nitrogens with zero attached hydrogens (tertiary/aromatic N) is 2. The molecule has 2 N–H and O–H groups in total. The summed E-state index contributed by atoms with van der Waals surface area (Å²) < 4.78 is 2.98. The second-order valence-electron chi connectivity index (χ2n) is 3.81. The molecular weight excluding hydrogens is 254 g/mol. The summed E-state index contributed by atoms with van der Waals surface area (Å²) in [5.74, 6) is 0.301. The smallest absolute Gasteiger partial charge is 0.0743 e. The molecule has 0 spiro atoms. The summed E-state index contributed by atoms with van der Waals surface area (Å²) in [5.41, 5.74) is 7.90. The summed E-state index contributed by atoms with van der Waals surface area (Å²) in [6.07, 6.45) is 0. The lowest BCUT2D eigenvalue weighted by Crippen LogP contribution is -2.09. The van der Waals surface area contributed by atoms with Crippen LogP contribution in [0.3, 0.4) is 0 Å². The zero-order chi connectivity index (χ0) is 11.0. The molecule has 3 nitrogen and oxygen atoms in total. The van der Waals surface area contributed by atoms with Crippen LogP contribution in [0.1, 0.15) is 18.5 Å². The van der Waals surface area contributed by atoms with Crippen LogP contribution >= 0.6 is 15.9 Å². The summed E-state index contributed by atoms with van der Waals surface area (Å²) in [5, 5.41) is 5.71. The predicted octanol–water partition coefficient (Wildman–Crippen LogP) is 2.40. The highest BCUT2D eigenvalue weighted by Crippen LogP contribution is 2.26. The van der Waals surface area contributed by atoms with Gasteiger partial charge in [-0.25, -0.2) is 0 Å². The molecule has 0 radical (unpaired) electrons. The van der Waals surface area contributed by atoms with Crippen molar-refractivity contribution in [2.24, 2.45) is 12.8 Å². The number of aryl methyl sites for hydroxylation is 1. The normalized spacial score (nSPS) is 13.3. The van der Waals surface area contributed by atoms with Crippen molar-refractivity contribution < 1.29 is 0 Å². The van der Waals surface area contributed by atoms with E-state index in [-0.39, 0.29) is 0 Å². The maximum atomic E-state index is 5.68. The van der Waals surface area contributed by atoms with E-state index in [0.717, 1.165) is 15.7 Å². The van der Waals surface area contributed by atoms with Gasteiger partial charge in [0.05, 0.1) is 11.2 Å². The Morgan fingerprint density at radius 3 is 2.93 bits per heavy atom. The second-order valence-corrected chi connectivity index (χ2v) is 4.72. The lowest BCUT2D eigenvalue weighted by molar-refractivity contribution is 0.697. The summed E-state index contributed by atoms with van der Waals surface area (Å²) in [4.78, 5) is 0. The van der Waals surface area contributed by atoms with E-state index >= 15 is 0 Å². The first kappa shape index (κ1) is 10.6. The van der Waals surface area contributed by atoms with Crippen LogP contribution < -0.4 is 5.73 Å². The molecule has 15 heavy (non-hydrogen) atoms. The molecule has 0 bridgehead atoms. The number of hydrogen-bond acceptors (Lipinski definition) is 2. The minimum Gasteiger partial charge on any atom is -0.330 e. The maximum absolute atomic E-state index is 5.68. The Labute approximate surface area is 97.4 Å². The van der Waals surface area contributed by atoms with Crippen molar-refractivity contribution >= 4 is 26.8 Å². The molecule has 1 heterocycles. The van der Waals surface area contributed by atoms with Crippen molar-refractivity contribution in [3.8, 4) is 0 Å². The van der Waals surface area contributed by atoms with Gasteiger partial charge in [-0.2, -0.15) is 5.10 Å². The van der Waals surface area contributed by atoms with Crippen molar-refractivity contribution in [1.29, 1.82) is 0 Å². The first-order valence-electron chi connectivity index (χ1n) is 4.95. The Bertz CT molecular complexity index is 490. The average Bonchev–Trinajstić information content (AvgIpc) is 2.55. The van der Waals surface area contributed by atoms with Crippen molar-refractivity contribution in [2.75, 3.05) is 6.54 Å². The molecular formula is C11H14BrN3. The zero-order valence-electron chi connectivity index (χ0n) is 8.87. The van der Waals surface area contributed by atoms with Crippen LogP contribution in [0, 0.1) is 0 Å². The van der Waals surface area contributed by atoms with E-state index in [1.807, 2.05) is 17.8 Å². The number of nitrogens with two attached hydrogens (primary N) is 1. The van der Waals surface area contributed by atoms with Crippen molar-refractivity contribution in [3.05, 3.63) is 28.4 Å². The molecule has 0 fully saturated rings. The predicted molar refractivity (Wildman–Crippen MR) is 65.9 cm³/mol. The van der Waals surface area contributed by atoms with Crippen molar-refractivity contribution in [2.45, 2.75) is 12.8 Å². The van der Waals surface area contributed by atoms with Gasteiger partial charge in [0.25, 0.3) is 0 Å².